The number of aromatic nitrogens is 1. The maximum absolute atomic E-state index is 12.6. The molecule has 0 spiro atoms. The zero-order valence-corrected chi connectivity index (χ0v) is 14.7. The molecular weight excluding hydrogens is 310 g/mol. The Morgan fingerprint density at radius 3 is 2.57 bits per heavy atom. The van der Waals surface area contributed by atoms with Gasteiger partial charge in [0.05, 0.1) is 5.01 Å². The molecule has 0 radical (unpaired) electrons. The van der Waals surface area contributed by atoms with Crippen molar-refractivity contribution in [2.24, 2.45) is 11.8 Å². The largest absolute Gasteiger partial charge is 0.396 e. The Labute approximate surface area is 142 Å². The van der Waals surface area contributed by atoms with Crippen LogP contribution in [-0.4, -0.2) is 65.1 Å². The summed E-state index contributed by atoms with van der Waals surface area (Å²) in [7, 11) is 0. The molecule has 6 heteroatoms. The molecule has 2 atom stereocenters. The predicted molar refractivity (Wildman–Crippen MR) is 91.7 cm³/mol. The molecular formula is C17H27N3O2S. The summed E-state index contributed by atoms with van der Waals surface area (Å²) in [5, 5.41) is 12.5. The third-order valence-electron chi connectivity index (χ3n) is 5.13. The summed E-state index contributed by atoms with van der Waals surface area (Å²) < 4.78 is 0. The fourth-order valence-corrected chi connectivity index (χ4v) is 4.38. The van der Waals surface area contributed by atoms with Crippen LogP contribution in [0, 0.1) is 18.8 Å². The summed E-state index contributed by atoms with van der Waals surface area (Å²) in [6.45, 7) is 6.82. The van der Waals surface area contributed by atoms with E-state index >= 15 is 0 Å². The van der Waals surface area contributed by atoms with Crippen molar-refractivity contribution >= 4 is 17.2 Å². The van der Waals surface area contributed by atoms with Crippen LogP contribution >= 0.6 is 11.3 Å². The monoisotopic (exact) mass is 337 g/mol. The molecule has 128 valence electrons. The minimum atomic E-state index is 0.0196. The number of rotatable bonds is 4. The SMILES string of the molecule is Cc1nc(C(=O)N2C[C@@H](CN3CCCCCC3)[C@@H](CO)C2)cs1. The van der Waals surface area contributed by atoms with Gasteiger partial charge in [0.2, 0.25) is 0 Å². The van der Waals surface area contributed by atoms with Crippen LogP contribution in [0.3, 0.4) is 0 Å². The van der Waals surface area contributed by atoms with Crippen LogP contribution < -0.4 is 0 Å². The van der Waals surface area contributed by atoms with Gasteiger partial charge in [-0.2, -0.15) is 0 Å². The van der Waals surface area contributed by atoms with Gasteiger partial charge in [0.15, 0.2) is 0 Å². The van der Waals surface area contributed by atoms with Crippen molar-refractivity contribution < 1.29 is 9.90 Å². The van der Waals surface area contributed by atoms with E-state index in [1.165, 1.54) is 37.0 Å². The normalized spacial score (nSPS) is 26.4. The van der Waals surface area contributed by atoms with Crippen molar-refractivity contribution in [3.8, 4) is 0 Å². The number of thiazole rings is 1. The lowest BCUT2D eigenvalue weighted by molar-refractivity contribution is 0.0774. The van der Waals surface area contributed by atoms with Gasteiger partial charge in [-0.15, -0.1) is 11.3 Å². The van der Waals surface area contributed by atoms with E-state index in [0.717, 1.165) is 31.2 Å². The van der Waals surface area contributed by atoms with Gasteiger partial charge in [-0.3, -0.25) is 4.79 Å². The lowest BCUT2D eigenvalue weighted by atomic mass is 9.96. The average Bonchev–Trinajstić information content (AvgIpc) is 3.06. The maximum Gasteiger partial charge on any atom is 0.273 e. The van der Waals surface area contributed by atoms with Gasteiger partial charge in [0.1, 0.15) is 5.69 Å². The summed E-state index contributed by atoms with van der Waals surface area (Å²) in [4.78, 5) is 21.3. The number of aliphatic hydroxyl groups is 1. The molecule has 2 aliphatic rings. The van der Waals surface area contributed by atoms with E-state index in [0.29, 0.717) is 18.2 Å². The van der Waals surface area contributed by atoms with Gasteiger partial charge in [0, 0.05) is 37.5 Å². The Hall–Kier alpha value is -0.980. The van der Waals surface area contributed by atoms with Crippen molar-refractivity contribution in [3.63, 3.8) is 0 Å². The number of likely N-dealkylation sites (tertiary alicyclic amines) is 2. The highest BCUT2D eigenvalue weighted by Crippen LogP contribution is 2.26. The molecule has 23 heavy (non-hydrogen) atoms. The van der Waals surface area contributed by atoms with Gasteiger partial charge < -0.3 is 14.9 Å². The third-order valence-corrected chi connectivity index (χ3v) is 5.90. The van der Waals surface area contributed by atoms with Crippen LogP contribution in [-0.2, 0) is 0 Å². The first-order valence-corrected chi connectivity index (χ1v) is 9.60. The number of carbonyl (C=O) groups excluding carboxylic acids is 1. The molecule has 1 aromatic heterocycles. The number of hydrogen-bond acceptors (Lipinski definition) is 5. The van der Waals surface area contributed by atoms with Crippen LogP contribution in [0.4, 0.5) is 0 Å². The smallest absolute Gasteiger partial charge is 0.273 e. The van der Waals surface area contributed by atoms with E-state index in [9.17, 15) is 9.90 Å². The molecule has 1 aromatic rings. The van der Waals surface area contributed by atoms with Crippen LogP contribution in [0.25, 0.3) is 0 Å². The first-order valence-electron chi connectivity index (χ1n) is 8.72. The second-order valence-corrected chi connectivity index (χ2v) is 7.94. The van der Waals surface area contributed by atoms with Gasteiger partial charge in [-0.1, -0.05) is 12.8 Å². The van der Waals surface area contributed by atoms with E-state index < -0.39 is 0 Å². The Morgan fingerprint density at radius 1 is 1.26 bits per heavy atom. The van der Waals surface area contributed by atoms with Gasteiger partial charge >= 0.3 is 0 Å². The summed E-state index contributed by atoms with van der Waals surface area (Å²) in [5.41, 5.74) is 0.555. The Bertz CT molecular complexity index is 526. The first kappa shape index (κ1) is 16.9. The standard InChI is InChI=1S/C17H27N3O2S/c1-13-18-16(12-23-13)17(22)20-9-14(15(10-20)11-21)8-19-6-4-2-3-5-7-19/h12,14-15,21H,2-11H2,1H3/t14-,15-/m1/s1. The van der Waals surface area contributed by atoms with E-state index in [4.69, 9.17) is 0 Å². The molecule has 0 aromatic carbocycles. The van der Waals surface area contributed by atoms with Crippen molar-refractivity contribution in [1.82, 2.24) is 14.8 Å². The quantitative estimate of drug-likeness (QED) is 0.913. The molecule has 0 bridgehead atoms. The zero-order valence-electron chi connectivity index (χ0n) is 13.9. The molecule has 0 aliphatic carbocycles. The highest BCUT2D eigenvalue weighted by molar-refractivity contribution is 7.09. The Morgan fingerprint density at radius 2 is 1.96 bits per heavy atom. The number of nitrogens with zero attached hydrogens (tertiary/aromatic N) is 3. The molecule has 1 amide bonds. The van der Waals surface area contributed by atoms with Crippen LogP contribution in [0.5, 0.6) is 0 Å². The highest BCUT2D eigenvalue weighted by Gasteiger charge is 2.36. The maximum atomic E-state index is 12.6. The van der Waals surface area contributed by atoms with E-state index in [1.807, 2.05) is 17.2 Å². The van der Waals surface area contributed by atoms with E-state index in [-0.39, 0.29) is 18.4 Å². The number of carbonyl (C=O) groups is 1. The van der Waals surface area contributed by atoms with Crippen LogP contribution in [0.1, 0.15) is 41.2 Å². The third kappa shape index (κ3) is 4.11. The van der Waals surface area contributed by atoms with E-state index in [1.54, 1.807) is 0 Å². The average molecular weight is 337 g/mol. The molecule has 0 saturated carbocycles. The molecule has 2 aliphatic heterocycles. The predicted octanol–water partition coefficient (Wildman–Crippen LogP) is 2.01. The minimum Gasteiger partial charge on any atom is -0.396 e. The number of aryl methyl sites for hydroxylation is 1. The van der Waals surface area contributed by atoms with Gasteiger partial charge in [-0.05, 0) is 38.8 Å². The zero-order chi connectivity index (χ0) is 16.2. The van der Waals surface area contributed by atoms with Crippen molar-refractivity contribution in [3.05, 3.63) is 16.1 Å². The molecule has 5 nitrogen and oxygen atoms in total. The lowest BCUT2D eigenvalue weighted by Gasteiger charge is -2.26. The molecule has 2 fully saturated rings. The van der Waals surface area contributed by atoms with Crippen LogP contribution in [0.2, 0.25) is 0 Å². The number of aliphatic hydroxyl groups excluding tert-OH is 1. The second kappa shape index (κ2) is 7.73. The van der Waals surface area contributed by atoms with Crippen molar-refractivity contribution in [2.75, 3.05) is 39.3 Å². The van der Waals surface area contributed by atoms with Crippen molar-refractivity contribution in [2.45, 2.75) is 32.6 Å². The Balaban J connectivity index is 1.61. The first-order chi connectivity index (χ1) is 11.2. The minimum absolute atomic E-state index is 0.0196. The summed E-state index contributed by atoms with van der Waals surface area (Å²) in [5.74, 6) is 0.592. The Kier molecular flexibility index (Phi) is 5.67. The lowest BCUT2D eigenvalue weighted by Crippen LogP contribution is -2.35. The summed E-state index contributed by atoms with van der Waals surface area (Å²) >= 11 is 1.51. The number of amides is 1. The van der Waals surface area contributed by atoms with Crippen LogP contribution in [0.15, 0.2) is 5.38 Å². The molecule has 0 unspecified atom stereocenters. The fourth-order valence-electron chi connectivity index (χ4n) is 3.79. The van der Waals surface area contributed by atoms with E-state index in [2.05, 4.69) is 9.88 Å². The molecule has 3 heterocycles. The topological polar surface area (TPSA) is 56.7 Å². The second-order valence-electron chi connectivity index (χ2n) is 6.88. The number of hydrogen-bond donors (Lipinski definition) is 1. The summed E-state index contributed by atoms with van der Waals surface area (Å²) in [6, 6.07) is 0. The fraction of sp³-hybridized carbons (Fsp3) is 0.765. The van der Waals surface area contributed by atoms with Gasteiger partial charge in [0.25, 0.3) is 5.91 Å². The van der Waals surface area contributed by atoms with Crippen molar-refractivity contribution in [1.29, 1.82) is 0 Å². The molecule has 2 saturated heterocycles. The van der Waals surface area contributed by atoms with Gasteiger partial charge in [-0.25, -0.2) is 4.98 Å². The molecule has 1 N–H and O–H groups in total. The summed E-state index contributed by atoms with van der Waals surface area (Å²) in [6.07, 6.45) is 5.21. The highest BCUT2D eigenvalue weighted by atomic mass is 32.1. The molecule has 3 rings (SSSR count).